The minimum atomic E-state index is -4.02. The van der Waals surface area contributed by atoms with Gasteiger partial charge in [-0.2, -0.15) is 8.42 Å². The SMILES string of the molecule is Cc1ccc(S(=O)(=O)OC[C@@H](O)c2cc3cc([N+](=O)[O-])ccc3o2)cc1. The molecule has 1 aromatic heterocycles. The predicted octanol–water partition coefficient (Wildman–Crippen LogP) is 3.09. The summed E-state index contributed by atoms with van der Waals surface area (Å²) in [6.07, 6.45) is -1.35. The number of aliphatic hydroxyl groups is 1. The van der Waals surface area contributed by atoms with E-state index < -0.39 is 27.8 Å². The third-order valence-electron chi connectivity index (χ3n) is 3.75. The summed E-state index contributed by atoms with van der Waals surface area (Å²) in [6.45, 7) is 1.28. The molecule has 0 amide bonds. The van der Waals surface area contributed by atoms with Gasteiger partial charge in [0.2, 0.25) is 0 Å². The van der Waals surface area contributed by atoms with Crippen molar-refractivity contribution in [3.05, 3.63) is 70.0 Å². The van der Waals surface area contributed by atoms with Crippen LogP contribution in [0.3, 0.4) is 0 Å². The Balaban J connectivity index is 1.75. The summed E-state index contributed by atoms with van der Waals surface area (Å²) < 4.78 is 34.6. The van der Waals surface area contributed by atoms with E-state index in [2.05, 4.69) is 0 Å². The van der Waals surface area contributed by atoms with Crippen LogP contribution in [0.4, 0.5) is 5.69 Å². The van der Waals surface area contributed by atoms with Gasteiger partial charge in [-0.05, 0) is 31.2 Å². The number of benzene rings is 2. The summed E-state index contributed by atoms with van der Waals surface area (Å²) in [5.41, 5.74) is 1.13. The van der Waals surface area contributed by atoms with Gasteiger partial charge in [0.05, 0.1) is 16.4 Å². The Morgan fingerprint density at radius 1 is 1.19 bits per heavy atom. The van der Waals surface area contributed by atoms with Crippen LogP contribution in [-0.4, -0.2) is 25.1 Å². The lowest BCUT2D eigenvalue weighted by Crippen LogP contribution is -2.13. The van der Waals surface area contributed by atoms with Gasteiger partial charge in [-0.25, -0.2) is 0 Å². The molecule has 1 N–H and O–H groups in total. The molecule has 3 aromatic rings. The lowest BCUT2D eigenvalue weighted by molar-refractivity contribution is -0.384. The molecule has 0 fully saturated rings. The van der Waals surface area contributed by atoms with Gasteiger partial charge >= 0.3 is 0 Å². The molecule has 0 radical (unpaired) electrons. The number of rotatable bonds is 6. The van der Waals surface area contributed by atoms with Gasteiger partial charge in [0, 0.05) is 17.5 Å². The number of nitrogens with zero attached hydrogens (tertiary/aromatic N) is 1. The van der Waals surface area contributed by atoms with Crippen LogP contribution in [0.25, 0.3) is 11.0 Å². The highest BCUT2D eigenvalue weighted by Crippen LogP contribution is 2.28. The van der Waals surface area contributed by atoms with Crippen molar-refractivity contribution in [1.82, 2.24) is 0 Å². The fourth-order valence-electron chi connectivity index (χ4n) is 2.34. The van der Waals surface area contributed by atoms with E-state index >= 15 is 0 Å². The van der Waals surface area contributed by atoms with E-state index in [1.165, 1.54) is 36.4 Å². The maximum absolute atomic E-state index is 12.1. The number of aryl methyl sites for hydroxylation is 1. The second-order valence-electron chi connectivity index (χ2n) is 5.70. The average molecular weight is 377 g/mol. The maximum Gasteiger partial charge on any atom is 0.297 e. The van der Waals surface area contributed by atoms with Crippen molar-refractivity contribution in [3.8, 4) is 0 Å². The van der Waals surface area contributed by atoms with E-state index in [9.17, 15) is 23.6 Å². The van der Waals surface area contributed by atoms with E-state index in [1.807, 2.05) is 6.92 Å². The number of nitro benzene ring substituents is 1. The summed E-state index contributed by atoms with van der Waals surface area (Å²) in [5.74, 6) is 0.0552. The normalized spacial score (nSPS) is 13.0. The first-order chi connectivity index (χ1) is 12.3. The first-order valence-electron chi connectivity index (χ1n) is 7.58. The first-order valence-corrected chi connectivity index (χ1v) is 8.99. The van der Waals surface area contributed by atoms with Crippen LogP contribution >= 0.6 is 0 Å². The molecule has 8 nitrogen and oxygen atoms in total. The Kier molecular flexibility index (Phi) is 4.77. The van der Waals surface area contributed by atoms with E-state index in [0.29, 0.717) is 11.0 Å². The quantitative estimate of drug-likeness (QED) is 0.398. The van der Waals surface area contributed by atoms with Crippen molar-refractivity contribution in [1.29, 1.82) is 0 Å². The molecule has 1 atom stereocenters. The molecule has 0 aliphatic rings. The van der Waals surface area contributed by atoms with E-state index in [4.69, 9.17) is 8.60 Å². The zero-order valence-corrected chi connectivity index (χ0v) is 14.5. The average Bonchev–Trinajstić information content (AvgIpc) is 3.03. The molecule has 0 aliphatic carbocycles. The molecule has 0 unspecified atom stereocenters. The molecule has 26 heavy (non-hydrogen) atoms. The van der Waals surface area contributed by atoms with Crippen LogP contribution in [0.1, 0.15) is 17.4 Å². The summed E-state index contributed by atoms with van der Waals surface area (Å²) in [6, 6.07) is 11.5. The van der Waals surface area contributed by atoms with Gasteiger partial charge < -0.3 is 9.52 Å². The topological polar surface area (TPSA) is 120 Å². The van der Waals surface area contributed by atoms with Crippen LogP contribution in [0.15, 0.2) is 57.8 Å². The van der Waals surface area contributed by atoms with Crippen LogP contribution in [0, 0.1) is 17.0 Å². The van der Waals surface area contributed by atoms with Crippen molar-refractivity contribution in [2.24, 2.45) is 0 Å². The van der Waals surface area contributed by atoms with Gasteiger partial charge in [0.15, 0.2) is 0 Å². The van der Waals surface area contributed by atoms with Crippen LogP contribution in [-0.2, 0) is 14.3 Å². The van der Waals surface area contributed by atoms with Crippen LogP contribution in [0.2, 0.25) is 0 Å². The molecule has 0 saturated carbocycles. The smallest absolute Gasteiger partial charge is 0.297 e. The number of aliphatic hydroxyl groups excluding tert-OH is 1. The zero-order valence-electron chi connectivity index (χ0n) is 13.7. The lowest BCUT2D eigenvalue weighted by atomic mass is 10.2. The minimum Gasteiger partial charge on any atom is -0.458 e. The standard InChI is InChI=1S/C17H15NO7S/c1-11-2-5-14(6-3-11)26(22,23)24-10-15(19)17-9-12-8-13(18(20)21)4-7-16(12)25-17/h2-9,15,19H,10H2,1H3/t15-/m1/s1. The van der Waals surface area contributed by atoms with Gasteiger partial charge in [-0.1, -0.05) is 17.7 Å². The Labute approximate surface area is 148 Å². The Morgan fingerprint density at radius 2 is 1.88 bits per heavy atom. The molecular formula is C17H15NO7S. The molecule has 0 spiro atoms. The maximum atomic E-state index is 12.1. The Morgan fingerprint density at radius 3 is 2.54 bits per heavy atom. The molecule has 1 heterocycles. The summed E-state index contributed by atoms with van der Waals surface area (Å²) >= 11 is 0. The largest absolute Gasteiger partial charge is 0.458 e. The number of non-ortho nitro benzene ring substituents is 1. The number of nitro groups is 1. The highest BCUT2D eigenvalue weighted by Gasteiger charge is 2.21. The van der Waals surface area contributed by atoms with E-state index in [1.54, 1.807) is 12.1 Å². The van der Waals surface area contributed by atoms with Crippen molar-refractivity contribution < 1.29 is 27.0 Å². The highest BCUT2D eigenvalue weighted by molar-refractivity contribution is 7.86. The first kappa shape index (κ1) is 18.1. The number of hydrogen-bond donors (Lipinski definition) is 1. The minimum absolute atomic E-state index is 0.0180. The molecule has 2 aromatic carbocycles. The lowest BCUT2D eigenvalue weighted by Gasteiger charge is -2.09. The van der Waals surface area contributed by atoms with Gasteiger partial charge in [-0.15, -0.1) is 0 Å². The summed E-state index contributed by atoms with van der Waals surface area (Å²) in [7, 11) is -4.02. The van der Waals surface area contributed by atoms with Gasteiger partial charge in [0.25, 0.3) is 15.8 Å². The summed E-state index contributed by atoms with van der Waals surface area (Å²) in [5, 5.41) is 21.4. The number of fused-ring (bicyclic) bond motifs is 1. The van der Waals surface area contributed by atoms with Crippen molar-refractivity contribution >= 4 is 26.8 Å². The number of hydrogen-bond acceptors (Lipinski definition) is 7. The highest BCUT2D eigenvalue weighted by atomic mass is 32.2. The van der Waals surface area contributed by atoms with Crippen LogP contribution < -0.4 is 0 Å². The molecule has 0 bridgehead atoms. The fraction of sp³-hybridized carbons (Fsp3) is 0.176. The van der Waals surface area contributed by atoms with Crippen molar-refractivity contribution in [3.63, 3.8) is 0 Å². The molecule has 9 heteroatoms. The molecule has 136 valence electrons. The van der Waals surface area contributed by atoms with E-state index in [-0.39, 0.29) is 16.3 Å². The van der Waals surface area contributed by atoms with Crippen molar-refractivity contribution in [2.45, 2.75) is 17.9 Å². The molecule has 3 rings (SSSR count). The number of furan rings is 1. The third kappa shape index (κ3) is 3.74. The van der Waals surface area contributed by atoms with Crippen LogP contribution in [0.5, 0.6) is 0 Å². The second kappa shape index (κ2) is 6.87. The second-order valence-corrected chi connectivity index (χ2v) is 7.31. The molecular weight excluding hydrogens is 362 g/mol. The molecule has 0 aliphatic heterocycles. The Bertz CT molecular complexity index is 1050. The molecule has 0 saturated heterocycles. The third-order valence-corrected chi connectivity index (χ3v) is 5.04. The monoisotopic (exact) mass is 377 g/mol. The van der Waals surface area contributed by atoms with E-state index in [0.717, 1.165) is 5.56 Å². The fourth-order valence-corrected chi connectivity index (χ4v) is 3.25. The zero-order chi connectivity index (χ0) is 18.9. The van der Waals surface area contributed by atoms with Crippen molar-refractivity contribution in [2.75, 3.05) is 6.61 Å². The Hall–Kier alpha value is -2.75. The predicted molar refractivity (Wildman–Crippen MR) is 92.1 cm³/mol. The van der Waals surface area contributed by atoms with Gasteiger partial charge in [0.1, 0.15) is 17.4 Å². The van der Waals surface area contributed by atoms with Gasteiger partial charge in [-0.3, -0.25) is 14.3 Å². The summed E-state index contributed by atoms with van der Waals surface area (Å²) in [4.78, 5) is 10.2.